The molecule has 0 aliphatic carbocycles. The van der Waals surface area contributed by atoms with E-state index in [9.17, 15) is 9.59 Å². The number of nitrogens with zero attached hydrogens (tertiary/aromatic N) is 4. The third-order valence-electron chi connectivity index (χ3n) is 8.54. The Kier molecular flexibility index (Phi) is 7.10. The predicted octanol–water partition coefficient (Wildman–Crippen LogP) is 7.49. The Bertz CT molecular complexity index is 1860. The van der Waals surface area contributed by atoms with Gasteiger partial charge in [0.1, 0.15) is 0 Å². The molecule has 2 unspecified atom stereocenters. The monoisotopic (exact) mass is 576 g/mol. The van der Waals surface area contributed by atoms with Gasteiger partial charge < -0.3 is 9.80 Å². The van der Waals surface area contributed by atoms with Crippen LogP contribution in [0.4, 0.5) is 0 Å². The van der Waals surface area contributed by atoms with Crippen LogP contribution in [0.5, 0.6) is 0 Å². The number of amides is 2. The third kappa shape index (κ3) is 4.98. The van der Waals surface area contributed by atoms with Crippen LogP contribution in [0.1, 0.15) is 34.6 Å². The van der Waals surface area contributed by atoms with Crippen molar-refractivity contribution >= 4 is 33.6 Å². The molecule has 1 saturated heterocycles. The Labute approximate surface area is 256 Å². The highest BCUT2D eigenvalue weighted by Gasteiger charge is 2.36. The Morgan fingerprint density at radius 3 is 1.32 bits per heavy atom. The average Bonchev–Trinajstić information content (AvgIpc) is 3.08. The summed E-state index contributed by atoms with van der Waals surface area (Å²) in [7, 11) is 0. The summed E-state index contributed by atoms with van der Waals surface area (Å²) in [5.41, 5.74) is 6.27. The Hall–Kier alpha value is -5.36. The lowest BCUT2D eigenvalue weighted by atomic mass is 9.99. The smallest absolute Gasteiger partial charge is 0.254 e. The maximum Gasteiger partial charge on any atom is 0.254 e. The van der Waals surface area contributed by atoms with E-state index in [2.05, 4.69) is 0 Å². The number of carbonyl (C=O) groups is 2. The first-order chi connectivity index (χ1) is 21.5. The fourth-order valence-electron chi connectivity index (χ4n) is 6.22. The van der Waals surface area contributed by atoms with E-state index < -0.39 is 0 Å². The molecule has 2 amide bonds. The quantitative estimate of drug-likeness (QED) is 0.218. The predicted molar refractivity (Wildman–Crippen MR) is 175 cm³/mol. The van der Waals surface area contributed by atoms with Gasteiger partial charge in [-0.1, -0.05) is 97.1 Å². The van der Waals surface area contributed by atoms with Crippen molar-refractivity contribution in [2.24, 2.45) is 0 Å². The van der Waals surface area contributed by atoms with Crippen LogP contribution < -0.4 is 0 Å². The van der Waals surface area contributed by atoms with E-state index in [-0.39, 0.29) is 23.9 Å². The van der Waals surface area contributed by atoms with Gasteiger partial charge in [-0.2, -0.15) is 0 Å². The van der Waals surface area contributed by atoms with E-state index in [1.54, 1.807) is 0 Å². The van der Waals surface area contributed by atoms with Gasteiger partial charge >= 0.3 is 0 Å². The zero-order valence-electron chi connectivity index (χ0n) is 24.7. The summed E-state index contributed by atoms with van der Waals surface area (Å²) in [6.07, 6.45) is 0. The van der Waals surface area contributed by atoms with Crippen molar-refractivity contribution in [2.45, 2.75) is 25.9 Å². The number of hydrogen-bond acceptors (Lipinski definition) is 4. The molecule has 3 heterocycles. The van der Waals surface area contributed by atoms with E-state index >= 15 is 0 Å². The number of aromatic nitrogens is 2. The molecule has 0 N–H and O–H groups in total. The number of rotatable bonds is 4. The van der Waals surface area contributed by atoms with E-state index in [0.717, 1.165) is 44.3 Å². The molecular formula is C38H32N4O2. The van der Waals surface area contributed by atoms with Crippen molar-refractivity contribution in [3.63, 3.8) is 0 Å². The standard InChI is InChI=1S/C38H32N4O2/c1-25-23-42(38(44)32-22-36(28-15-7-4-8-16-28)40-34-20-12-10-18-30(32)34)26(2)24-41(25)37(43)31-21-35(27-13-5-3-6-14-27)39-33-19-11-9-17-29(31)33/h3-22,25-26H,23-24H2,1-2H3. The number of pyridine rings is 2. The molecule has 4 aromatic carbocycles. The third-order valence-corrected chi connectivity index (χ3v) is 8.54. The summed E-state index contributed by atoms with van der Waals surface area (Å²) in [5.74, 6) is -0.0964. The topological polar surface area (TPSA) is 66.4 Å². The first kappa shape index (κ1) is 27.5. The Balaban J connectivity index is 1.21. The fourth-order valence-corrected chi connectivity index (χ4v) is 6.22. The lowest BCUT2D eigenvalue weighted by Gasteiger charge is -2.44. The van der Waals surface area contributed by atoms with Crippen molar-refractivity contribution in [3.8, 4) is 22.5 Å². The second-order valence-electron chi connectivity index (χ2n) is 11.5. The molecule has 44 heavy (non-hydrogen) atoms. The number of para-hydroxylation sites is 2. The average molecular weight is 577 g/mol. The van der Waals surface area contributed by atoms with Crippen LogP contribution in [0, 0.1) is 0 Å². The number of carbonyl (C=O) groups excluding carboxylic acids is 2. The lowest BCUT2D eigenvalue weighted by Crippen LogP contribution is -2.59. The second-order valence-corrected chi connectivity index (χ2v) is 11.5. The van der Waals surface area contributed by atoms with E-state index in [0.29, 0.717) is 24.2 Å². The van der Waals surface area contributed by atoms with Crippen molar-refractivity contribution in [1.29, 1.82) is 0 Å². The molecule has 7 rings (SSSR count). The summed E-state index contributed by atoms with van der Waals surface area (Å²) < 4.78 is 0. The molecule has 0 saturated carbocycles. The minimum Gasteiger partial charge on any atom is -0.332 e. The van der Waals surface area contributed by atoms with Gasteiger partial charge in [0.15, 0.2) is 0 Å². The Morgan fingerprint density at radius 1 is 0.545 bits per heavy atom. The largest absolute Gasteiger partial charge is 0.332 e. The minimum atomic E-state index is -0.184. The fraction of sp³-hybridized carbons (Fsp3) is 0.158. The minimum absolute atomic E-state index is 0.0482. The van der Waals surface area contributed by atoms with Gasteiger partial charge in [0.25, 0.3) is 11.8 Å². The Morgan fingerprint density at radius 2 is 0.909 bits per heavy atom. The van der Waals surface area contributed by atoms with Crippen LogP contribution in [-0.4, -0.2) is 56.8 Å². The summed E-state index contributed by atoms with van der Waals surface area (Å²) >= 11 is 0. The summed E-state index contributed by atoms with van der Waals surface area (Å²) in [5, 5.41) is 1.65. The summed E-state index contributed by atoms with van der Waals surface area (Å²) in [4.78, 5) is 42.1. The first-order valence-electron chi connectivity index (χ1n) is 15.0. The normalized spacial score (nSPS) is 16.8. The number of fused-ring (bicyclic) bond motifs is 2. The molecule has 2 atom stereocenters. The van der Waals surface area contributed by atoms with Gasteiger partial charge in [0.05, 0.1) is 33.5 Å². The van der Waals surface area contributed by atoms with Crippen LogP contribution in [0.25, 0.3) is 44.3 Å². The van der Waals surface area contributed by atoms with E-state index in [4.69, 9.17) is 9.97 Å². The lowest BCUT2D eigenvalue weighted by molar-refractivity contribution is 0.0272. The highest BCUT2D eigenvalue weighted by molar-refractivity contribution is 6.09. The van der Waals surface area contributed by atoms with Crippen molar-refractivity contribution in [2.75, 3.05) is 13.1 Å². The van der Waals surface area contributed by atoms with Crippen LogP contribution in [0.15, 0.2) is 121 Å². The maximum absolute atomic E-state index is 14.3. The van der Waals surface area contributed by atoms with Gasteiger partial charge in [0.2, 0.25) is 0 Å². The van der Waals surface area contributed by atoms with Crippen LogP contribution >= 0.6 is 0 Å². The molecule has 6 nitrogen and oxygen atoms in total. The molecule has 1 aliphatic heterocycles. The van der Waals surface area contributed by atoms with Crippen molar-refractivity contribution in [3.05, 3.63) is 132 Å². The highest BCUT2D eigenvalue weighted by Crippen LogP contribution is 2.30. The molecule has 6 aromatic rings. The molecule has 1 fully saturated rings. The molecule has 6 heteroatoms. The zero-order chi connectivity index (χ0) is 30.2. The molecule has 0 radical (unpaired) electrons. The van der Waals surface area contributed by atoms with E-state index in [1.807, 2.05) is 145 Å². The van der Waals surface area contributed by atoms with Crippen LogP contribution in [0.2, 0.25) is 0 Å². The van der Waals surface area contributed by atoms with Crippen LogP contribution in [-0.2, 0) is 0 Å². The van der Waals surface area contributed by atoms with Crippen molar-refractivity contribution in [1.82, 2.24) is 19.8 Å². The van der Waals surface area contributed by atoms with Gasteiger partial charge in [-0.25, -0.2) is 9.97 Å². The summed E-state index contributed by atoms with van der Waals surface area (Å²) in [6, 6.07) is 38.9. The van der Waals surface area contributed by atoms with Crippen molar-refractivity contribution < 1.29 is 9.59 Å². The van der Waals surface area contributed by atoms with Crippen LogP contribution in [0.3, 0.4) is 0 Å². The SMILES string of the molecule is CC1CN(C(=O)c2cc(-c3ccccc3)nc3ccccc23)C(C)CN1C(=O)c1cc(-c2ccccc2)nc2ccccc12. The molecule has 1 aliphatic rings. The maximum atomic E-state index is 14.3. The molecule has 216 valence electrons. The zero-order valence-corrected chi connectivity index (χ0v) is 24.7. The van der Waals surface area contributed by atoms with Gasteiger partial charge in [0, 0.05) is 47.1 Å². The number of benzene rings is 4. The molecule has 0 spiro atoms. The second kappa shape index (κ2) is 11.4. The highest BCUT2D eigenvalue weighted by atomic mass is 16.2. The molecular weight excluding hydrogens is 544 g/mol. The number of piperazine rings is 1. The van der Waals surface area contributed by atoms with Gasteiger partial charge in [-0.05, 0) is 38.1 Å². The number of hydrogen-bond donors (Lipinski definition) is 0. The van der Waals surface area contributed by atoms with Gasteiger partial charge in [-0.3, -0.25) is 9.59 Å². The van der Waals surface area contributed by atoms with E-state index in [1.165, 1.54) is 0 Å². The van der Waals surface area contributed by atoms with Gasteiger partial charge in [-0.15, -0.1) is 0 Å². The summed E-state index contributed by atoms with van der Waals surface area (Å²) in [6.45, 7) is 4.90. The first-order valence-corrected chi connectivity index (χ1v) is 15.0. The molecule has 2 aromatic heterocycles. The molecule has 0 bridgehead atoms.